The number of hydrogen-bond acceptors (Lipinski definition) is 3. The van der Waals surface area contributed by atoms with E-state index in [4.69, 9.17) is 4.74 Å². The third-order valence-electron chi connectivity index (χ3n) is 4.93. The first-order valence-electron chi connectivity index (χ1n) is 9.05. The summed E-state index contributed by atoms with van der Waals surface area (Å²) in [6.07, 6.45) is 4.52. The zero-order chi connectivity index (χ0) is 17.9. The van der Waals surface area contributed by atoms with Gasteiger partial charge in [-0.15, -0.1) is 0 Å². The zero-order valence-corrected chi connectivity index (χ0v) is 14.9. The minimum Gasteiger partial charge on any atom is -0.379 e. The summed E-state index contributed by atoms with van der Waals surface area (Å²) < 4.78 is 5.77. The van der Waals surface area contributed by atoms with E-state index in [1.165, 1.54) is 10.9 Å². The number of H-pyrrole nitrogens is 1. The van der Waals surface area contributed by atoms with Crippen molar-refractivity contribution < 1.29 is 9.53 Å². The quantitative estimate of drug-likeness (QED) is 0.790. The molecular weight excluding hydrogens is 326 g/mol. The predicted octanol–water partition coefficient (Wildman–Crippen LogP) is 3.20. The lowest BCUT2D eigenvalue weighted by Crippen LogP contribution is -2.36. The maximum Gasteiger partial charge on any atom is 0.255 e. The highest BCUT2D eigenvalue weighted by Gasteiger charge is 2.24. The van der Waals surface area contributed by atoms with Crippen molar-refractivity contribution in [1.29, 1.82) is 0 Å². The van der Waals surface area contributed by atoms with Gasteiger partial charge in [-0.3, -0.25) is 9.78 Å². The van der Waals surface area contributed by atoms with Gasteiger partial charge in [-0.1, -0.05) is 6.07 Å². The second kappa shape index (κ2) is 7.30. The lowest BCUT2D eigenvalue weighted by Gasteiger charge is -2.23. The van der Waals surface area contributed by atoms with E-state index < -0.39 is 0 Å². The number of rotatable bonds is 3. The highest BCUT2D eigenvalue weighted by molar-refractivity contribution is 5.94. The Morgan fingerprint density at radius 2 is 2.23 bits per heavy atom. The number of hydrogen-bond donors (Lipinski definition) is 1. The second-order valence-electron chi connectivity index (χ2n) is 6.98. The summed E-state index contributed by atoms with van der Waals surface area (Å²) in [6.45, 7) is 4.52. The lowest BCUT2D eigenvalue weighted by atomic mass is 9.98. The van der Waals surface area contributed by atoms with Gasteiger partial charge in [0.1, 0.15) is 0 Å². The van der Waals surface area contributed by atoms with Gasteiger partial charge in [0.15, 0.2) is 0 Å². The highest BCUT2D eigenvalue weighted by Crippen LogP contribution is 2.20. The molecule has 1 N–H and O–H groups in total. The van der Waals surface area contributed by atoms with E-state index in [1.54, 1.807) is 6.20 Å². The van der Waals surface area contributed by atoms with Gasteiger partial charge >= 0.3 is 0 Å². The molecule has 134 valence electrons. The molecule has 5 heteroatoms. The van der Waals surface area contributed by atoms with Gasteiger partial charge in [0, 0.05) is 42.6 Å². The number of amides is 1. The van der Waals surface area contributed by atoms with E-state index in [0.29, 0.717) is 31.9 Å². The van der Waals surface area contributed by atoms with Crippen molar-refractivity contribution in [3.63, 3.8) is 0 Å². The topological polar surface area (TPSA) is 58.2 Å². The summed E-state index contributed by atoms with van der Waals surface area (Å²) in [7, 11) is 0. The molecule has 5 nitrogen and oxygen atoms in total. The molecule has 1 saturated heterocycles. The van der Waals surface area contributed by atoms with Gasteiger partial charge in [0.05, 0.1) is 18.8 Å². The number of nitrogens with one attached hydrogen (secondary N) is 1. The van der Waals surface area contributed by atoms with Gasteiger partial charge in [-0.2, -0.15) is 0 Å². The molecule has 1 fully saturated rings. The average molecular weight is 349 g/mol. The van der Waals surface area contributed by atoms with E-state index in [0.717, 1.165) is 17.6 Å². The number of aromatic amines is 1. The standard InChI is InChI=1S/C21H23N3O2/c1-15-2-4-19(12-23-15)21(25)24-8-9-26-14-17(13-24)10-16-3-5-20-18(11-16)6-7-22-20/h2-7,11-12,17,22H,8-10,13-14H2,1H3. The Labute approximate surface area is 153 Å². The van der Waals surface area contributed by atoms with Crippen LogP contribution in [0.1, 0.15) is 21.6 Å². The zero-order valence-electron chi connectivity index (χ0n) is 14.9. The van der Waals surface area contributed by atoms with Crippen molar-refractivity contribution in [2.75, 3.05) is 26.3 Å². The molecule has 0 bridgehead atoms. The van der Waals surface area contributed by atoms with Crippen molar-refractivity contribution >= 4 is 16.8 Å². The molecule has 1 atom stereocenters. The minimum atomic E-state index is 0.0362. The van der Waals surface area contributed by atoms with Gasteiger partial charge < -0.3 is 14.6 Å². The van der Waals surface area contributed by atoms with Crippen LogP contribution in [0, 0.1) is 12.8 Å². The van der Waals surface area contributed by atoms with Crippen LogP contribution < -0.4 is 0 Å². The molecule has 3 heterocycles. The Balaban J connectivity index is 1.48. The molecule has 1 aliphatic heterocycles. The molecule has 1 amide bonds. The summed E-state index contributed by atoms with van der Waals surface area (Å²) >= 11 is 0. The Morgan fingerprint density at radius 1 is 1.31 bits per heavy atom. The number of aryl methyl sites for hydroxylation is 1. The molecule has 1 unspecified atom stereocenters. The van der Waals surface area contributed by atoms with Crippen molar-refractivity contribution in [1.82, 2.24) is 14.9 Å². The van der Waals surface area contributed by atoms with E-state index in [9.17, 15) is 4.79 Å². The highest BCUT2D eigenvalue weighted by atomic mass is 16.5. The van der Waals surface area contributed by atoms with Crippen molar-refractivity contribution in [3.8, 4) is 0 Å². The van der Waals surface area contributed by atoms with Gasteiger partial charge in [0.25, 0.3) is 5.91 Å². The fourth-order valence-electron chi connectivity index (χ4n) is 3.53. The van der Waals surface area contributed by atoms with Crippen molar-refractivity contribution in [3.05, 3.63) is 65.6 Å². The van der Waals surface area contributed by atoms with Crippen LogP contribution in [0.25, 0.3) is 10.9 Å². The predicted molar refractivity (Wildman–Crippen MR) is 101 cm³/mol. The second-order valence-corrected chi connectivity index (χ2v) is 6.98. The number of carbonyl (C=O) groups is 1. The number of benzene rings is 1. The Bertz CT molecular complexity index is 901. The van der Waals surface area contributed by atoms with Crippen LogP contribution in [0.2, 0.25) is 0 Å². The van der Waals surface area contributed by atoms with E-state index >= 15 is 0 Å². The van der Waals surface area contributed by atoms with Gasteiger partial charge in [0.2, 0.25) is 0 Å². The average Bonchev–Trinajstić information content (AvgIpc) is 2.99. The van der Waals surface area contributed by atoms with Crippen LogP contribution in [0.3, 0.4) is 0 Å². The fourth-order valence-corrected chi connectivity index (χ4v) is 3.53. The third-order valence-corrected chi connectivity index (χ3v) is 4.93. The fraction of sp³-hybridized carbons (Fsp3) is 0.333. The van der Waals surface area contributed by atoms with Crippen LogP contribution in [0.5, 0.6) is 0 Å². The maximum absolute atomic E-state index is 12.8. The number of fused-ring (bicyclic) bond motifs is 1. The first kappa shape index (κ1) is 16.8. The van der Waals surface area contributed by atoms with Gasteiger partial charge in [-0.05, 0) is 54.6 Å². The van der Waals surface area contributed by atoms with Crippen LogP contribution in [-0.4, -0.2) is 47.1 Å². The van der Waals surface area contributed by atoms with Gasteiger partial charge in [-0.25, -0.2) is 0 Å². The van der Waals surface area contributed by atoms with Crippen LogP contribution >= 0.6 is 0 Å². The molecule has 2 aromatic heterocycles. The Morgan fingerprint density at radius 3 is 3.08 bits per heavy atom. The molecule has 1 aromatic carbocycles. The maximum atomic E-state index is 12.8. The van der Waals surface area contributed by atoms with E-state index in [2.05, 4.69) is 34.2 Å². The largest absolute Gasteiger partial charge is 0.379 e. The molecule has 0 aliphatic carbocycles. The van der Waals surface area contributed by atoms with Crippen molar-refractivity contribution in [2.24, 2.45) is 5.92 Å². The summed E-state index contributed by atoms with van der Waals surface area (Å²) in [5.41, 5.74) is 3.98. The number of nitrogens with zero attached hydrogens (tertiary/aromatic N) is 2. The summed E-state index contributed by atoms with van der Waals surface area (Å²) in [5, 5.41) is 1.22. The molecular formula is C21H23N3O2. The minimum absolute atomic E-state index is 0.0362. The van der Waals surface area contributed by atoms with E-state index in [1.807, 2.05) is 30.2 Å². The first-order valence-corrected chi connectivity index (χ1v) is 9.05. The summed E-state index contributed by atoms with van der Waals surface area (Å²) in [6, 6.07) is 12.3. The number of ether oxygens (including phenoxy) is 1. The van der Waals surface area contributed by atoms with E-state index in [-0.39, 0.29) is 11.8 Å². The molecule has 0 radical (unpaired) electrons. The first-order chi connectivity index (χ1) is 12.7. The van der Waals surface area contributed by atoms with Crippen LogP contribution in [0.15, 0.2) is 48.8 Å². The van der Waals surface area contributed by atoms with Crippen LogP contribution in [-0.2, 0) is 11.2 Å². The Kier molecular flexibility index (Phi) is 4.71. The molecule has 26 heavy (non-hydrogen) atoms. The normalized spacial score (nSPS) is 18.0. The monoisotopic (exact) mass is 349 g/mol. The SMILES string of the molecule is Cc1ccc(C(=O)N2CCOCC(Cc3ccc4[nH]ccc4c3)C2)cn1. The lowest BCUT2D eigenvalue weighted by molar-refractivity contribution is 0.0737. The summed E-state index contributed by atoms with van der Waals surface area (Å²) in [5.74, 6) is 0.324. The van der Waals surface area contributed by atoms with Crippen LogP contribution in [0.4, 0.5) is 0 Å². The smallest absolute Gasteiger partial charge is 0.255 e. The molecule has 0 saturated carbocycles. The molecule has 4 rings (SSSR count). The number of carbonyl (C=O) groups excluding carboxylic acids is 1. The Hall–Kier alpha value is -2.66. The molecule has 0 spiro atoms. The van der Waals surface area contributed by atoms with Crippen molar-refractivity contribution in [2.45, 2.75) is 13.3 Å². The third kappa shape index (κ3) is 3.63. The summed E-state index contributed by atoms with van der Waals surface area (Å²) in [4.78, 5) is 22.2. The number of pyridine rings is 1. The molecule has 3 aromatic rings. The molecule has 1 aliphatic rings. The number of aromatic nitrogens is 2.